The smallest absolute Gasteiger partial charge is 0.0786 e. The zero-order valence-electron chi connectivity index (χ0n) is 24.8. The molecule has 0 amide bonds. The molecule has 208 valence electrons. The molecule has 1 saturated heterocycles. The number of rotatable bonds is 10. The first-order valence-electron chi connectivity index (χ1n) is 15.0. The summed E-state index contributed by atoms with van der Waals surface area (Å²) in [6.45, 7) is 17.1. The number of likely N-dealkylation sites (tertiary alicyclic amines) is 1. The molecule has 1 aliphatic heterocycles. The van der Waals surface area contributed by atoms with Crippen molar-refractivity contribution in [1.29, 1.82) is 0 Å². The van der Waals surface area contributed by atoms with Crippen molar-refractivity contribution in [1.82, 2.24) is 10.2 Å². The molecule has 2 aromatic carbocycles. The van der Waals surface area contributed by atoms with Crippen molar-refractivity contribution >= 4 is 11.8 Å². The van der Waals surface area contributed by atoms with E-state index in [1.165, 1.54) is 79.5 Å². The van der Waals surface area contributed by atoms with Crippen LogP contribution in [0.1, 0.15) is 81.9 Å². The molecule has 1 heterocycles. The fourth-order valence-electron chi connectivity index (χ4n) is 6.08. The number of aryl methyl sites for hydroxylation is 1. The maximum absolute atomic E-state index is 4.76. The summed E-state index contributed by atoms with van der Waals surface area (Å²) in [5.41, 5.74) is 8.74. The van der Waals surface area contributed by atoms with Crippen LogP contribution in [0.25, 0.3) is 5.57 Å². The van der Waals surface area contributed by atoms with Gasteiger partial charge in [-0.15, -0.1) is 0 Å². The lowest BCUT2D eigenvalue weighted by atomic mass is 9.80. The Kier molecular flexibility index (Phi) is 10.8. The van der Waals surface area contributed by atoms with Gasteiger partial charge in [0.2, 0.25) is 0 Å². The van der Waals surface area contributed by atoms with Crippen LogP contribution in [0.4, 0.5) is 0 Å². The van der Waals surface area contributed by atoms with Gasteiger partial charge in [0.25, 0.3) is 0 Å². The van der Waals surface area contributed by atoms with Crippen molar-refractivity contribution in [2.24, 2.45) is 10.9 Å². The highest BCUT2D eigenvalue weighted by Gasteiger charge is 2.29. The fraction of sp³-hybridized carbons (Fsp3) is 0.472. The third-order valence-corrected chi connectivity index (χ3v) is 8.93. The Bertz CT molecular complexity index is 1150. The van der Waals surface area contributed by atoms with Crippen molar-refractivity contribution in [3.8, 4) is 0 Å². The summed E-state index contributed by atoms with van der Waals surface area (Å²) < 4.78 is 0. The van der Waals surface area contributed by atoms with Crippen molar-refractivity contribution in [2.45, 2.75) is 78.2 Å². The Morgan fingerprint density at radius 1 is 0.923 bits per heavy atom. The Morgan fingerprint density at radius 3 is 2.26 bits per heavy atom. The highest BCUT2D eigenvalue weighted by molar-refractivity contribution is 5.79. The minimum absolute atomic E-state index is 0.652. The average molecular weight is 524 g/mol. The van der Waals surface area contributed by atoms with Crippen LogP contribution < -0.4 is 5.32 Å². The van der Waals surface area contributed by atoms with E-state index < -0.39 is 0 Å². The van der Waals surface area contributed by atoms with Gasteiger partial charge in [0.15, 0.2) is 0 Å². The molecule has 1 aliphatic carbocycles. The minimum Gasteiger partial charge on any atom is -0.387 e. The van der Waals surface area contributed by atoms with Gasteiger partial charge >= 0.3 is 0 Å². The van der Waals surface area contributed by atoms with Crippen LogP contribution in [0.5, 0.6) is 0 Å². The topological polar surface area (TPSA) is 27.6 Å². The average Bonchev–Trinajstić information content (AvgIpc) is 2.96. The summed E-state index contributed by atoms with van der Waals surface area (Å²) in [6, 6.07) is 20.4. The second-order valence-electron chi connectivity index (χ2n) is 11.9. The molecule has 2 fully saturated rings. The van der Waals surface area contributed by atoms with Gasteiger partial charge in [0.1, 0.15) is 0 Å². The predicted molar refractivity (Wildman–Crippen MR) is 169 cm³/mol. The summed E-state index contributed by atoms with van der Waals surface area (Å²) in [4.78, 5) is 7.56. The van der Waals surface area contributed by atoms with E-state index >= 15 is 0 Å². The van der Waals surface area contributed by atoms with E-state index in [-0.39, 0.29) is 0 Å². The molecular weight excluding hydrogens is 474 g/mol. The van der Waals surface area contributed by atoms with Crippen LogP contribution in [-0.4, -0.2) is 43.3 Å². The van der Waals surface area contributed by atoms with E-state index in [2.05, 4.69) is 105 Å². The van der Waals surface area contributed by atoms with E-state index in [0.29, 0.717) is 12.5 Å². The third-order valence-electron chi connectivity index (χ3n) is 8.93. The van der Waals surface area contributed by atoms with Gasteiger partial charge in [-0.1, -0.05) is 66.7 Å². The first kappa shape index (κ1) is 29.1. The summed E-state index contributed by atoms with van der Waals surface area (Å²) in [5.74, 6) is 1.47. The number of allylic oxidation sites excluding steroid dienone is 4. The van der Waals surface area contributed by atoms with E-state index in [9.17, 15) is 0 Å². The van der Waals surface area contributed by atoms with E-state index in [1.807, 2.05) is 6.21 Å². The van der Waals surface area contributed by atoms with Gasteiger partial charge < -0.3 is 10.2 Å². The van der Waals surface area contributed by atoms with E-state index in [4.69, 9.17) is 4.99 Å². The molecule has 1 saturated carbocycles. The third kappa shape index (κ3) is 8.54. The van der Waals surface area contributed by atoms with Crippen LogP contribution in [0.15, 0.2) is 89.1 Å². The van der Waals surface area contributed by atoms with Crippen molar-refractivity contribution in [3.63, 3.8) is 0 Å². The number of benzene rings is 2. The molecule has 3 nitrogen and oxygen atoms in total. The Morgan fingerprint density at radius 2 is 1.59 bits per heavy atom. The number of hydrogen-bond donors (Lipinski definition) is 1. The first-order chi connectivity index (χ1) is 18.9. The molecule has 0 aromatic heterocycles. The molecule has 0 spiro atoms. The molecule has 0 unspecified atom stereocenters. The van der Waals surface area contributed by atoms with E-state index in [1.54, 1.807) is 0 Å². The van der Waals surface area contributed by atoms with Gasteiger partial charge in [-0.2, -0.15) is 0 Å². The molecule has 1 N–H and O–H groups in total. The van der Waals surface area contributed by atoms with Gasteiger partial charge in [0, 0.05) is 24.5 Å². The van der Waals surface area contributed by atoms with Crippen LogP contribution in [0.3, 0.4) is 0 Å². The first-order valence-corrected chi connectivity index (χ1v) is 15.0. The SMILES string of the molecule is C=C(/C=C(\CN=CC(C)=C(C)C)NCC1CCN(C2CCC(c3ccccc3)CC2)CC1)c1ccccc1C. The van der Waals surface area contributed by atoms with Crippen LogP contribution in [-0.2, 0) is 0 Å². The number of piperidine rings is 1. The molecule has 2 aliphatic rings. The van der Waals surface area contributed by atoms with Crippen LogP contribution in [0.2, 0.25) is 0 Å². The van der Waals surface area contributed by atoms with Gasteiger partial charge in [-0.05, 0) is 125 Å². The monoisotopic (exact) mass is 523 g/mol. The maximum atomic E-state index is 4.76. The van der Waals surface area contributed by atoms with Crippen molar-refractivity contribution in [2.75, 3.05) is 26.2 Å². The molecule has 3 heteroatoms. The second-order valence-corrected chi connectivity index (χ2v) is 11.9. The predicted octanol–water partition coefficient (Wildman–Crippen LogP) is 8.35. The van der Waals surface area contributed by atoms with Crippen molar-refractivity contribution < 1.29 is 0 Å². The van der Waals surface area contributed by atoms with Crippen LogP contribution >= 0.6 is 0 Å². The second kappa shape index (κ2) is 14.5. The number of nitrogens with one attached hydrogen (secondary N) is 1. The maximum Gasteiger partial charge on any atom is 0.0786 e. The molecule has 0 atom stereocenters. The highest BCUT2D eigenvalue weighted by Crippen LogP contribution is 2.35. The Balaban J connectivity index is 1.29. The van der Waals surface area contributed by atoms with Gasteiger partial charge in [-0.3, -0.25) is 4.99 Å². The number of aliphatic imine (C=N–C) groups is 1. The summed E-state index contributed by atoms with van der Waals surface area (Å²) in [7, 11) is 0. The number of hydrogen-bond acceptors (Lipinski definition) is 3. The lowest BCUT2D eigenvalue weighted by Crippen LogP contribution is -2.44. The molecular formula is C36H49N3. The Labute approximate surface area is 237 Å². The molecule has 2 aromatic rings. The molecule has 0 radical (unpaired) electrons. The van der Waals surface area contributed by atoms with E-state index in [0.717, 1.165) is 29.8 Å². The lowest BCUT2D eigenvalue weighted by molar-refractivity contribution is 0.103. The highest BCUT2D eigenvalue weighted by atomic mass is 15.2. The standard InChI is InChI=1S/C36H49N3/c1-27(2)30(5)24-37-26-34(23-29(4)36-14-10-9-11-28(36)3)38-25-31-19-21-39(22-20-31)35-17-15-33(16-18-35)32-12-7-6-8-13-32/h6-14,23-24,31,33,35,38H,4,15-22,25-26H2,1-3,5H3/b34-23+,37-24?. The van der Waals surface area contributed by atoms with Gasteiger partial charge in [-0.25, -0.2) is 0 Å². The van der Waals surface area contributed by atoms with Gasteiger partial charge in [0.05, 0.1) is 6.54 Å². The zero-order chi connectivity index (χ0) is 27.6. The van der Waals surface area contributed by atoms with Crippen molar-refractivity contribution in [3.05, 3.63) is 101 Å². The Hall–Kier alpha value is -2.91. The fourth-order valence-corrected chi connectivity index (χ4v) is 6.08. The number of nitrogens with zero attached hydrogens (tertiary/aromatic N) is 2. The summed E-state index contributed by atoms with van der Waals surface area (Å²) >= 11 is 0. The van der Waals surface area contributed by atoms with Crippen LogP contribution in [0, 0.1) is 12.8 Å². The normalized spacial score (nSPS) is 21.2. The summed E-state index contributed by atoms with van der Waals surface area (Å²) in [6.07, 6.45) is 12.1. The minimum atomic E-state index is 0.652. The quantitative estimate of drug-likeness (QED) is 0.250. The molecule has 4 rings (SSSR count). The largest absolute Gasteiger partial charge is 0.387 e. The zero-order valence-corrected chi connectivity index (χ0v) is 24.8. The molecule has 39 heavy (non-hydrogen) atoms. The summed E-state index contributed by atoms with van der Waals surface area (Å²) in [5, 5.41) is 3.78. The lowest BCUT2D eigenvalue weighted by Gasteiger charge is -2.41. The molecule has 0 bridgehead atoms.